The van der Waals surface area contributed by atoms with Gasteiger partial charge in [-0.3, -0.25) is 4.57 Å². The molecular weight excluding hydrogens is 899 g/mol. The van der Waals surface area contributed by atoms with Gasteiger partial charge < -0.3 is 4.57 Å². The van der Waals surface area contributed by atoms with Crippen molar-refractivity contribution in [1.82, 2.24) is 24.1 Å². The molecule has 0 N–H and O–H groups in total. The lowest BCUT2D eigenvalue weighted by atomic mass is 9.89. The van der Waals surface area contributed by atoms with Crippen LogP contribution in [0.5, 0.6) is 0 Å². The first kappa shape index (κ1) is 42.9. The van der Waals surface area contributed by atoms with Gasteiger partial charge in [0.2, 0.25) is 5.95 Å². The fraction of sp³-hybridized carbons (Fsp3) is 0. The third kappa shape index (κ3) is 7.37. The van der Waals surface area contributed by atoms with E-state index in [-0.39, 0.29) is 0 Å². The highest BCUT2D eigenvalue weighted by Gasteiger charge is 2.25. The zero-order valence-electron chi connectivity index (χ0n) is 40.2. The van der Waals surface area contributed by atoms with E-state index in [9.17, 15) is 0 Å². The quantitative estimate of drug-likeness (QED) is 0.145. The van der Waals surface area contributed by atoms with Crippen LogP contribution in [0.25, 0.3) is 134 Å². The van der Waals surface area contributed by atoms with E-state index < -0.39 is 0 Å². The molecule has 11 aromatic carbocycles. The number of para-hydroxylation sites is 2. The van der Waals surface area contributed by atoms with Gasteiger partial charge >= 0.3 is 0 Å². The monoisotopic (exact) mass is 943 g/mol. The minimum atomic E-state index is 0.539. The number of benzene rings is 11. The van der Waals surface area contributed by atoms with Gasteiger partial charge in [-0.15, -0.1) is 0 Å². The second kappa shape index (κ2) is 18.0. The Morgan fingerprint density at radius 1 is 0.230 bits per heavy atom. The van der Waals surface area contributed by atoms with Crippen LogP contribution in [0.1, 0.15) is 0 Å². The molecule has 5 heteroatoms. The number of aromatic nitrogens is 5. The maximum atomic E-state index is 5.49. The van der Waals surface area contributed by atoms with E-state index in [4.69, 9.17) is 15.0 Å². The van der Waals surface area contributed by atoms with E-state index in [1.54, 1.807) is 0 Å². The SMILES string of the molecule is c1ccc(-c2cccc(-c3nc(-c4ccccc4)nc(-n4c5ccccc5c5ccc6c7ccccc7n(-c7cc(-c8ccccc8-c8ccccc8)cc(-c8ccccc8-c8ccccc8)c7)c6c54)n3)c2)cc1. The summed E-state index contributed by atoms with van der Waals surface area (Å²) >= 11 is 0. The molecule has 346 valence electrons. The van der Waals surface area contributed by atoms with Gasteiger partial charge in [0.25, 0.3) is 0 Å². The molecule has 0 aliphatic carbocycles. The number of fused-ring (bicyclic) bond motifs is 7. The van der Waals surface area contributed by atoms with Crippen molar-refractivity contribution in [3.8, 4) is 90.0 Å². The lowest BCUT2D eigenvalue weighted by Crippen LogP contribution is -2.07. The maximum Gasteiger partial charge on any atom is 0.238 e. The Morgan fingerprint density at radius 2 is 0.608 bits per heavy atom. The van der Waals surface area contributed by atoms with Gasteiger partial charge in [0.15, 0.2) is 11.6 Å². The summed E-state index contributed by atoms with van der Waals surface area (Å²) in [6.07, 6.45) is 0. The van der Waals surface area contributed by atoms with Crippen molar-refractivity contribution in [2.45, 2.75) is 0 Å². The Hall–Kier alpha value is -9.97. The molecule has 14 aromatic rings. The molecule has 5 nitrogen and oxygen atoms in total. The molecule has 14 rings (SSSR count). The Morgan fingerprint density at radius 3 is 1.15 bits per heavy atom. The van der Waals surface area contributed by atoms with Crippen molar-refractivity contribution in [3.05, 3.63) is 273 Å². The summed E-state index contributed by atoms with van der Waals surface area (Å²) in [5.74, 6) is 1.73. The number of rotatable bonds is 9. The number of nitrogens with zero attached hydrogens (tertiary/aromatic N) is 5. The topological polar surface area (TPSA) is 48.5 Å². The molecule has 0 saturated carbocycles. The van der Waals surface area contributed by atoms with Crippen LogP contribution in [0.2, 0.25) is 0 Å². The first-order chi connectivity index (χ1) is 36.7. The fourth-order valence-corrected chi connectivity index (χ4v) is 11.0. The van der Waals surface area contributed by atoms with Gasteiger partial charge in [-0.05, 0) is 92.0 Å². The molecule has 3 heterocycles. The summed E-state index contributed by atoms with van der Waals surface area (Å²) in [6, 6.07) is 97.4. The average molecular weight is 944 g/mol. The highest BCUT2D eigenvalue weighted by Crippen LogP contribution is 2.45. The van der Waals surface area contributed by atoms with Gasteiger partial charge in [-0.25, -0.2) is 4.98 Å². The Balaban J connectivity index is 1.09. The number of hydrogen-bond donors (Lipinski definition) is 0. The first-order valence-corrected chi connectivity index (χ1v) is 25.1. The normalized spacial score (nSPS) is 11.5. The zero-order chi connectivity index (χ0) is 49.0. The van der Waals surface area contributed by atoms with Crippen molar-refractivity contribution in [2.75, 3.05) is 0 Å². The van der Waals surface area contributed by atoms with Gasteiger partial charge in [0, 0.05) is 38.4 Å². The molecular formula is C69H45N5. The van der Waals surface area contributed by atoms with Crippen LogP contribution in [-0.4, -0.2) is 24.1 Å². The zero-order valence-corrected chi connectivity index (χ0v) is 40.2. The molecule has 0 amide bonds. The Bertz CT molecular complexity index is 4300. The second-order valence-electron chi connectivity index (χ2n) is 18.8. The molecule has 0 saturated heterocycles. The third-order valence-electron chi connectivity index (χ3n) is 14.4. The van der Waals surface area contributed by atoms with Crippen molar-refractivity contribution in [1.29, 1.82) is 0 Å². The summed E-state index contributed by atoms with van der Waals surface area (Å²) in [5, 5.41) is 4.50. The van der Waals surface area contributed by atoms with E-state index in [1.165, 1.54) is 22.3 Å². The van der Waals surface area contributed by atoms with Crippen molar-refractivity contribution >= 4 is 43.6 Å². The highest BCUT2D eigenvalue weighted by molar-refractivity contribution is 6.23. The van der Waals surface area contributed by atoms with Gasteiger partial charge in [0.1, 0.15) is 0 Å². The third-order valence-corrected chi connectivity index (χ3v) is 14.4. The van der Waals surface area contributed by atoms with Crippen LogP contribution in [0.3, 0.4) is 0 Å². The van der Waals surface area contributed by atoms with E-state index in [0.29, 0.717) is 17.6 Å². The predicted octanol–water partition coefficient (Wildman–Crippen LogP) is 17.7. The minimum Gasteiger partial charge on any atom is -0.307 e. The summed E-state index contributed by atoms with van der Waals surface area (Å²) in [5.41, 5.74) is 18.5. The second-order valence-corrected chi connectivity index (χ2v) is 18.8. The van der Waals surface area contributed by atoms with Gasteiger partial charge in [-0.2, -0.15) is 9.97 Å². The average Bonchev–Trinajstić information content (AvgIpc) is 4.08. The van der Waals surface area contributed by atoms with Crippen LogP contribution < -0.4 is 0 Å². The molecule has 74 heavy (non-hydrogen) atoms. The molecule has 0 atom stereocenters. The summed E-state index contributed by atoms with van der Waals surface area (Å²) in [4.78, 5) is 16.2. The molecule has 0 bridgehead atoms. The van der Waals surface area contributed by atoms with Crippen LogP contribution >= 0.6 is 0 Å². The lowest BCUT2D eigenvalue weighted by molar-refractivity contribution is 0.953. The Kier molecular flexibility index (Phi) is 10.4. The lowest BCUT2D eigenvalue weighted by Gasteiger charge is -2.18. The van der Waals surface area contributed by atoms with E-state index >= 15 is 0 Å². The fourth-order valence-electron chi connectivity index (χ4n) is 11.0. The van der Waals surface area contributed by atoms with Gasteiger partial charge in [0.05, 0.1) is 22.1 Å². The van der Waals surface area contributed by atoms with E-state index in [2.05, 4.69) is 258 Å². The van der Waals surface area contributed by atoms with Crippen LogP contribution in [-0.2, 0) is 0 Å². The molecule has 0 radical (unpaired) electrons. The van der Waals surface area contributed by atoms with E-state index in [0.717, 1.165) is 93.8 Å². The van der Waals surface area contributed by atoms with Crippen LogP contribution in [0.15, 0.2) is 273 Å². The summed E-state index contributed by atoms with van der Waals surface area (Å²) in [7, 11) is 0. The van der Waals surface area contributed by atoms with Gasteiger partial charge in [-0.1, -0.05) is 237 Å². The standard InChI is InChI=1S/C69H45N5/c1-5-22-46(23-6-1)50-30-21-31-51(42-50)68-70-67(49-28-11-4-12-29-49)71-69(72-68)74-64-39-20-18-37-60(64)62-41-40-61-59-36-17-19-38-63(59)73(65(61)66(62)74)54-44-52(57-34-15-13-32-55(57)47-24-7-2-8-25-47)43-53(45-54)58-35-16-14-33-56(58)48-26-9-3-10-27-48/h1-45H. The molecule has 3 aromatic heterocycles. The molecule has 0 aliphatic heterocycles. The maximum absolute atomic E-state index is 5.49. The Labute approximate surface area is 428 Å². The molecule has 0 fully saturated rings. The minimum absolute atomic E-state index is 0.539. The van der Waals surface area contributed by atoms with Crippen molar-refractivity contribution in [3.63, 3.8) is 0 Å². The first-order valence-electron chi connectivity index (χ1n) is 25.1. The molecule has 0 aliphatic rings. The van der Waals surface area contributed by atoms with E-state index in [1.807, 2.05) is 24.3 Å². The largest absolute Gasteiger partial charge is 0.307 e. The highest BCUT2D eigenvalue weighted by atomic mass is 15.2. The summed E-state index contributed by atoms with van der Waals surface area (Å²) < 4.78 is 4.76. The van der Waals surface area contributed by atoms with Crippen LogP contribution in [0.4, 0.5) is 0 Å². The van der Waals surface area contributed by atoms with Crippen molar-refractivity contribution < 1.29 is 0 Å². The molecule has 0 unspecified atom stereocenters. The predicted molar refractivity (Wildman–Crippen MR) is 307 cm³/mol. The molecule has 0 spiro atoms. The van der Waals surface area contributed by atoms with Crippen LogP contribution in [0, 0.1) is 0 Å². The number of hydrogen-bond acceptors (Lipinski definition) is 3. The van der Waals surface area contributed by atoms with Crippen molar-refractivity contribution in [2.24, 2.45) is 0 Å². The smallest absolute Gasteiger partial charge is 0.238 e. The summed E-state index contributed by atoms with van der Waals surface area (Å²) in [6.45, 7) is 0.